The molecule has 2 N–H and O–H groups in total. The molecule has 1 aromatic carbocycles. The summed E-state index contributed by atoms with van der Waals surface area (Å²) < 4.78 is 46.5. The summed E-state index contributed by atoms with van der Waals surface area (Å²) in [7, 11) is 0. The zero-order chi connectivity index (χ0) is 14.0. The van der Waals surface area contributed by atoms with E-state index in [1.54, 1.807) is 0 Å². The number of alkyl halides is 3. The molecule has 0 fully saturated rings. The van der Waals surface area contributed by atoms with Crippen molar-refractivity contribution in [2.75, 3.05) is 5.73 Å². The highest BCUT2D eigenvalue weighted by atomic mass is 32.1. The Hall–Kier alpha value is -2.09. The van der Waals surface area contributed by atoms with Gasteiger partial charge in [-0.25, -0.2) is 4.79 Å². The van der Waals surface area contributed by atoms with Crippen LogP contribution in [0.1, 0.15) is 15.2 Å². The van der Waals surface area contributed by atoms with Gasteiger partial charge in [-0.05, 0) is 23.7 Å². The van der Waals surface area contributed by atoms with E-state index in [4.69, 9.17) is 10.5 Å². The van der Waals surface area contributed by atoms with Crippen molar-refractivity contribution in [3.63, 3.8) is 0 Å². The van der Waals surface area contributed by atoms with Crippen molar-refractivity contribution >= 4 is 23.2 Å². The maximum Gasteiger partial charge on any atom is 0.419 e. The van der Waals surface area contributed by atoms with Gasteiger partial charge in [0.15, 0.2) is 4.88 Å². The van der Waals surface area contributed by atoms with Gasteiger partial charge in [0, 0.05) is 0 Å². The number of ether oxygens (including phenoxy) is 1. The lowest BCUT2D eigenvalue weighted by molar-refractivity contribution is -0.138. The Balaban J connectivity index is 2.30. The molecule has 0 radical (unpaired) electrons. The van der Waals surface area contributed by atoms with Gasteiger partial charge in [-0.2, -0.15) is 17.5 Å². The highest BCUT2D eigenvalue weighted by molar-refractivity contribution is 7.08. The first kappa shape index (κ1) is 13.3. The Labute approximate surface area is 109 Å². The van der Waals surface area contributed by atoms with Crippen molar-refractivity contribution < 1.29 is 22.7 Å². The fourth-order valence-electron chi connectivity index (χ4n) is 1.34. The number of carbonyl (C=O) groups is 1. The number of hydrogen-bond donors (Lipinski definition) is 1. The van der Waals surface area contributed by atoms with Gasteiger partial charge in [0.1, 0.15) is 5.75 Å². The number of carbonyl (C=O) groups excluding carboxylic acids is 1. The number of para-hydroxylation sites is 1. The lowest BCUT2D eigenvalue weighted by Gasteiger charge is -2.11. The van der Waals surface area contributed by atoms with Gasteiger partial charge >= 0.3 is 12.1 Å². The van der Waals surface area contributed by atoms with Crippen molar-refractivity contribution in [2.45, 2.75) is 6.18 Å². The number of halogens is 3. The molecular formula is C11H7F3N2O2S. The summed E-state index contributed by atoms with van der Waals surface area (Å²) in [6.07, 6.45) is -3.37. The monoisotopic (exact) mass is 288 g/mol. The number of anilines is 1. The molecule has 2 aromatic rings. The van der Waals surface area contributed by atoms with Crippen LogP contribution in [0.25, 0.3) is 0 Å². The zero-order valence-corrected chi connectivity index (χ0v) is 10.1. The third kappa shape index (κ3) is 2.84. The highest BCUT2D eigenvalue weighted by Gasteiger charge is 2.34. The van der Waals surface area contributed by atoms with Crippen LogP contribution < -0.4 is 10.5 Å². The van der Waals surface area contributed by atoms with Crippen LogP contribution in [0, 0.1) is 0 Å². The molecule has 2 rings (SSSR count). The molecule has 0 spiro atoms. The Morgan fingerprint density at radius 2 is 2.00 bits per heavy atom. The number of nitrogen functional groups attached to an aromatic ring is 1. The minimum absolute atomic E-state index is 0.0306. The minimum atomic E-state index is -4.60. The van der Waals surface area contributed by atoms with Crippen LogP contribution in [-0.4, -0.2) is 10.3 Å². The predicted molar refractivity (Wildman–Crippen MR) is 62.9 cm³/mol. The van der Waals surface area contributed by atoms with Crippen molar-refractivity contribution in [3.8, 4) is 5.75 Å². The van der Waals surface area contributed by atoms with Gasteiger partial charge in [-0.1, -0.05) is 12.1 Å². The normalized spacial score (nSPS) is 11.3. The van der Waals surface area contributed by atoms with E-state index >= 15 is 0 Å². The molecule has 8 heteroatoms. The Morgan fingerprint density at radius 3 is 2.58 bits per heavy atom. The smallest absolute Gasteiger partial charge is 0.419 e. The number of esters is 1. The van der Waals surface area contributed by atoms with Crippen molar-refractivity contribution in [1.29, 1.82) is 0 Å². The van der Waals surface area contributed by atoms with Crippen LogP contribution in [0.4, 0.5) is 18.9 Å². The number of aromatic nitrogens is 1. The standard InChI is InChI=1S/C11H7F3N2O2S/c12-11(13,14)6-3-1-2-4-8(6)18-10(17)9-7(15)5-16-19-9/h1-5H,15H2. The molecule has 0 saturated carbocycles. The lowest BCUT2D eigenvalue weighted by Crippen LogP contribution is -2.13. The summed E-state index contributed by atoms with van der Waals surface area (Å²) in [4.78, 5) is 11.6. The Kier molecular flexibility index (Phi) is 3.43. The van der Waals surface area contributed by atoms with Gasteiger partial charge in [-0.3, -0.25) is 0 Å². The number of benzene rings is 1. The van der Waals surface area contributed by atoms with E-state index in [1.165, 1.54) is 18.3 Å². The van der Waals surface area contributed by atoms with Crippen LogP contribution in [0.3, 0.4) is 0 Å². The second-order valence-corrected chi connectivity index (χ2v) is 4.30. The summed E-state index contributed by atoms with van der Waals surface area (Å²) in [5, 5.41) is 0. The second-order valence-electron chi connectivity index (χ2n) is 3.49. The fraction of sp³-hybridized carbons (Fsp3) is 0.0909. The Morgan fingerprint density at radius 1 is 1.32 bits per heavy atom. The first-order chi connectivity index (χ1) is 8.89. The van der Waals surface area contributed by atoms with Crippen LogP contribution in [0.5, 0.6) is 5.75 Å². The van der Waals surface area contributed by atoms with E-state index in [9.17, 15) is 18.0 Å². The van der Waals surface area contributed by atoms with Crippen molar-refractivity contribution in [3.05, 3.63) is 40.9 Å². The van der Waals surface area contributed by atoms with Gasteiger partial charge < -0.3 is 10.5 Å². The fourth-order valence-corrected chi connectivity index (χ4v) is 1.88. The van der Waals surface area contributed by atoms with E-state index in [0.29, 0.717) is 0 Å². The third-order valence-corrected chi connectivity index (χ3v) is 2.97. The highest BCUT2D eigenvalue weighted by Crippen LogP contribution is 2.36. The molecule has 0 amide bonds. The van der Waals surface area contributed by atoms with Gasteiger partial charge in [0.05, 0.1) is 17.4 Å². The first-order valence-electron chi connectivity index (χ1n) is 4.98. The molecule has 0 aliphatic carbocycles. The van der Waals surface area contributed by atoms with Gasteiger partial charge in [0.25, 0.3) is 0 Å². The summed E-state index contributed by atoms with van der Waals surface area (Å²) in [6.45, 7) is 0. The molecule has 0 aliphatic heterocycles. The Bertz CT molecular complexity index is 610. The zero-order valence-electron chi connectivity index (χ0n) is 9.27. The van der Waals surface area contributed by atoms with Crippen LogP contribution in [-0.2, 0) is 6.18 Å². The van der Waals surface area contributed by atoms with E-state index in [1.807, 2.05) is 0 Å². The van der Waals surface area contributed by atoms with Crippen LogP contribution in [0.2, 0.25) is 0 Å². The van der Waals surface area contributed by atoms with Crippen molar-refractivity contribution in [2.24, 2.45) is 0 Å². The number of nitrogens with zero attached hydrogens (tertiary/aromatic N) is 1. The maximum atomic E-state index is 12.7. The minimum Gasteiger partial charge on any atom is -0.422 e. The maximum absolute atomic E-state index is 12.7. The molecule has 4 nitrogen and oxygen atoms in total. The molecule has 0 unspecified atom stereocenters. The third-order valence-electron chi connectivity index (χ3n) is 2.18. The molecule has 1 heterocycles. The van der Waals surface area contributed by atoms with Crippen LogP contribution in [0.15, 0.2) is 30.5 Å². The molecule has 0 bridgehead atoms. The van der Waals surface area contributed by atoms with Gasteiger partial charge in [-0.15, -0.1) is 0 Å². The SMILES string of the molecule is Nc1cnsc1C(=O)Oc1ccccc1C(F)(F)F. The number of hydrogen-bond acceptors (Lipinski definition) is 5. The first-order valence-corrected chi connectivity index (χ1v) is 5.75. The largest absolute Gasteiger partial charge is 0.422 e. The molecule has 100 valence electrons. The summed E-state index contributed by atoms with van der Waals surface area (Å²) >= 11 is 0.759. The lowest BCUT2D eigenvalue weighted by atomic mass is 10.2. The summed E-state index contributed by atoms with van der Waals surface area (Å²) in [6, 6.07) is 4.45. The summed E-state index contributed by atoms with van der Waals surface area (Å²) in [5.74, 6) is -1.52. The summed E-state index contributed by atoms with van der Waals surface area (Å²) in [5.41, 5.74) is 4.49. The van der Waals surface area contributed by atoms with Gasteiger partial charge in [0.2, 0.25) is 0 Å². The average Bonchev–Trinajstić information content (AvgIpc) is 2.75. The molecule has 0 aliphatic rings. The topological polar surface area (TPSA) is 65.2 Å². The van der Waals surface area contributed by atoms with E-state index in [-0.39, 0.29) is 10.6 Å². The van der Waals surface area contributed by atoms with Crippen LogP contribution >= 0.6 is 11.5 Å². The average molecular weight is 288 g/mol. The molecule has 0 atom stereocenters. The number of rotatable bonds is 2. The predicted octanol–water partition coefficient (Wildman–Crippen LogP) is 2.96. The van der Waals surface area contributed by atoms with E-state index in [2.05, 4.69) is 4.37 Å². The molecule has 19 heavy (non-hydrogen) atoms. The molecular weight excluding hydrogens is 281 g/mol. The quantitative estimate of drug-likeness (QED) is 0.681. The van der Waals surface area contributed by atoms with E-state index in [0.717, 1.165) is 23.7 Å². The molecule has 1 aromatic heterocycles. The molecule has 0 saturated heterocycles. The number of nitrogens with two attached hydrogens (primary N) is 1. The second kappa shape index (κ2) is 4.88. The van der Waals surface area contributed by atoms with E-state index < -0.39 is 23.5 Å². The van der Waals surface area contributed by atoms with Crippen molar-refractivity contribution in [1.82, 2.24) is 4.37 Å².